The molecule has 0 bridgehead atoms. The van der Waals surface area contributed by atoms with Gasteiger partial charge in [-0.05, 0) is 78.2 Å². The van der Waals surface area contributed by atoms with Gasteiger partial charge in [-0.2, -0.15) is 50.8 Å². The minimum atomic E-state index is -5.33. The second-order valence-electron chi connectivity index (χ2n) is 12.5. The molecule has 1 unspecified atom stereocenters. The lowest BCUT2D eigenvalue weighted by atomic mass is 10.1. The van der Waals surface area contributed by atoms with Crippen molar-refractivity contribution in [3.63, 3.8) is 0 Å². The average molecular weight is 1030 g/mol. The molecule has 0 fully saturated rings. The molecule has 1 atom stereocenters. The van der Waals surface area contributed by atoms with E-state index in [0.717, 1.165) is 60.7 Å². The van der Waals surface area contributed by atoms with Gasteiger partial charge in [-0.15, -0.1) is 29.1 Å². The van der Waals surface area contributed by atoms with Gasteiger partial charge in [-0.25, -0.2) is 15.3 Å². The number of azo groups is 3. The van der Waals surface area contributed by atoms with Crippen LogP contribution in [-0.2, 0) is 63.6 Å². The molecule has 67 heavy (non-hydrogen) atoms. The maximum absolute atomic E-state index is 13.3. The van der Waals surface area contributed by atoms with Gasteiger partial charge < -0.3 is 15.9 Å². The Morgan fingerprint density at radius 2 is 1.28 bits per heavy atom. The normalized spacial score (nSPS) is 14.8. The topological polar surface area (TPSA) is 460 Å². The Kier molecular flexibility index (Phi) is 14.9. The molecule has 35 heteroatoms. The number of phenolic OH excluding ortho intramolecular Hbond substituents is 2. The smallest absolute Gasteiger partial charge is 0.391 e. The second-order valence-corrected chi connectivity index (χ2v) is 18.2. The predicted molar refractivity (Wildman–Crippen MR) is 222 cm³/mol. The van der Waals surface area contributed by atoms with Gasteiger partial charge in [0.15, 0.2) is 17.2 Å². The lowest BCUT2D eigenvalue weighted by Gasteiger charge is -2.13. The summed E-state index contributed by atoms with van der Waals surface area (Å²) in [4.78, 5) is 26.3. The molecule has 10 N–H and O–H groups in total. The van der Waals surface area contributed by atoms with Crippen LogP contribution in [0, 0.1) is 0 Å². The van der Waals surface area contributed by atoms with Crippen LogP contribution >= 0.6 is 24.1 Å². The number of nitrogen functional groups attached to an aromatic ring is 1. The van der Waals surface area contributed by atoms with E-state index < -0.39 is 103 Å². The summed E-state index contributed by atoms with van der Waals surface area (Å²) >= 11 is 0.342. The van der Waals surface area contributed by atoms with Crippen LogP contribution in [0.3, 0.4) is 0 Å². The van der Waals surface area contributed by atoms with Crippen LogP contribution in [-0.4, -0.2) is 88.5 Å². The van der Waals surface area contributed by atoms with E-state index in [4.69, 9.17) is 21.5 Å². The number of benzene rings is 5. The van der Waals surface area contributed by atoms with E-state index in [1.165, 1.54) is 6.07 Å². The van der Waals surface area contributed by atoms with Crippen molar-refractivity contribution in [2.75, 3.05) is 10.7 Å². The summed E-state index contributed by atoms with van der Waals surface area (Å²) in [6, 6.07) is 10.1. The number of anilines is 2. The molecule has 0 saturated heterocycles. The Balaban J connectivity index is 1.40. The van der Waals surface area contributed by atoms with Crippen LogP contribution in [0.1, 0.15) is 0 Å². The monoisotopic (exact) mass is 1030 g/mol. The molecule has 30 nitrogen and oxygen atoms in total. The minimum Gasteiger partial charge on any atom is -0.505 e. The molecule has 5 aromatic carbocycles. The van der Waals surface area contributed by atoms with Gasteiger partial charge >= 0.3 is 5.97 Å². The van der Waals surface area contributed by atoms with E-state index in [1.807, 2.05) is 0 Å². The summed E-state index contributed by atoms with van der Waals surface area (Å²) in [6.45, 7) is 0. The van der Waals surface area contributed by atoms with E-state index in [0.29, 0.717) is 11.1 Å². The first-order chi connectivity index (χ1) is 31.6. The van der Waals surface area contributed by atoms with Crippen LogP contribution in [0.15, 0.2) is 133 Å². The van der Waals surface area contributed by atoms with E-state index in [1.54, 1.807) is 0 Å². The fourth-order valence-corrected chi connectivity index (χ4v) is 8.33. The molecule has 0 aliphatic carbocycles. The lowest BCUT2D eigenvalue weighted by molar-refractivity contribution is -0.432. The molecule has 1 heterocycles. The quantitative estimate of drug-likeness (QED) is 0.0126. The molecule has 0 spiro atoms. The highest BCUT2D eigenvalue weighted by molar-refractivity contribution is 7.95. The maximum atomic E-state index is 13.3. The van der Waals surface area contributed by atoms with Gasteiger partial charge in [-0.3, -0.25) is 23.3 Å². The van der Waals surface area contributed by atoms with Crippen molar-refractivity contribution in [3.8, 4) is 11.5 Å². The van der Waals surface area contributed by atoms with Gasteiger partial charge in [0.2, 0.25) is 6.04 Å². The molecule has 0 radical (unpaired) electrons. The predicted octanol–water partition coefficient (Wildman–Crippen LogP) is 6.13. The zero-order valence-electron chi connectivity index (χ0n) is 32.1. The van der Waals surface area contributed by atoms with Gasteiger partial charge in [-0.1, -0.05) is 10.1 Å². The summed E-state index contributed by atoms with van der Waals surface area (Å²) in [7, 11) is -14.9. The number of rotatable bonds is 17. The minimum absolute atomic E-state index is 0.107. The van der Waals surface area contributed by atoms with Crippen LogP contribution < -0.4 is 10.7 Å². The Labute approximate surface area is 380 Å². The first kappa shape index (κ1) is 49.7. The number of hydrazone groups is 1. The highest BCUT2D eigenvalue weighted by Crippen LogP contribution is 2.51. The number of phenols is 2. The van der Waals surface area contributed by atoms with Gasteiger partial charge in [0.05, 0.1) is 55.5 Å². The summed E-state index contributed by atoms with van der Waals surface area (Å²) < 4.78 is 110. The summed E-state index contributed by atoms with van der Waals surface area (Å²) in [5.74, 6) is -4.84. The summed E-state index contributed by atoms with van der Waals surface area (Å²) in [5.41, 5.74) is 1.88. The number of hydrogen-bond acceptors (Lipinski definition) is 28. The third-order valence-electron chi connectivity index (χ3n) is 8.43. The van der Waals surface area contributed by atoms with Crippen molar-refractivity contribution in [1.82, 2.24) is 0 Å². The Hall–Kier alpha value is -6.68. The number of fused-ring (bicyclic) bond motifs is 1. The van der Waals surface area contributed by atoms with Crippen LogP contribution in [0.5, 0.6) is 11.5 Å². The first-order valence-corrected chi connectivity index (χ1v) is 22.8. The number of aromatic hydroxyl groups is 2. The van der Waals surface area contributed by atoms with Crippen molar-refractivity contribution < 1.29 is 98.1 Å². The van der Waals surface area contributed by atoms with E-state index in [-0.39, 0.29) is 62.0 Å². The number of carbonyl (C=O) groups is 2. The molecule has 0 aromatic heterocycles. The average Bonchev–Trinajstić information content (AvgIpc) is 3.60. The zero-order valence-corrected chi connectivity index (χ0v) is 36.2. The second kappa shape index (κ2) is 20.0. The van der Waals surface area contributed by atoms with Gasteiger partial charge in [0.1, 0.15) is 32.5 Å². The molecule has 5 aromatic rings. The highest BCUT2D eigenvalue weighted by atomic mass is 32.2. The largest absolute Gasteiger partial charge is 0.505 e. The van der Waals surface area contributed by atoms with Crippen molar-refractivity contribution in [3.05, 3.63) is 72.8 Å². The number of nitrogens with zero attached hydrogens (tertiary/aromatic N) is 8. The Bertz CT molecular complexity index is 3280. The van der Waals surface area contributed by atoms with Crippen LogP contribution in [0.2, 0.25) is 0 Å². The fraction of sp³-hybridized carbons (Fsp3) is 0.0312. The third-order valence-corrected chi connectivity index (χ3v) is 12.3. The van der Waals surface area contributed by atoms with Gasteiger partial charge in [0.25, 0.3) is 36.3 Å². The molecular weight excluding hydrogens is 1010 g/mol. The molecule has 0 saturated carbocycles. The number of carbonyl (C=O) groups excluding carboxylic acids is 2. The molecule has 6 rings (SSSR count). The third kappa shape index (κ3) is 11.1. The Morgan fingerprint density at radius 1 is 0.687 bits per heavy atom. The first-order valence-electron chi connectivity index (χ1n) is 17.0. The zero-order chi connectivity index (χ0) is 49.0. The SMILES string of the molecule is Nc1ccc(N=Nc2c(SOOO)cc3cc(S(=O)(=O)O)c(N=Nc4ccc(N=NC5C(=O)N(c6ccc(S(=O)(=O)O)cc6)N=C5C(=O)OO)cc4SOOO)c(O)c3c2O)c(S(=O)(=O)O)c1. The number of nitrogens with two attached hydrogens (primary N) is 1. The maximum Gasteiger partial charge on any atom is 0.391 e. The van der Waals surface area contributed by atoms with Crippen LogP contribution in [0.4, 0.5) is 39.8 Å². The van der Waals surface area contributed by atoms with E-state index >= 15 is 0 Å². The molecule has 1 aliphatic rings. The molecule has 352 valence electrons. The molecule has 1 amide bonds. The summed E-state index contributed by atoms with van der Waals surface area (Å²) in [6.07, 6.45) is 0. The fourth-order valence-electron chi connectivity index (χ4n) is 5.58. The summed E-state index contributed by atoms with van der Waals surface area (Å²) in [5, 5.41) is 82.9. The number of hydrogen-bond donors (Lipinski definition) is 9. The van der Waals surface area contributed by atoms with E-state index in [9.17, 15) is 58.7 Å². The molecular formula is C32H23N9O21S5. The highest BCUT2D eigenvalue weighted by Gasteiger charge is 2.42. The number of amides is 1. The lowest BCUT2D eigenvalue weighted by Crippen LogP contribution is -2.33. The Morgan fingerprint density at radius 3 is 1.90 bits per heavy atom. The molecule has 1 aliphatic heterocycles. The standard InChI is InChI=1S/C32H23N9O21S5/c33-14-1-7-19(22(11-14)66(52,53)54)36-37-25-21(64-62-60-48)9-13-10-23(67(55,56)57)26(30(43)24(13)29(25)42)38-35-18-8-2-15(12-20(18)63-61-59-47)34-39-27-28(32(45)58-46)40-41(31(27)44)16-3-5-17(6-4-16)65(49,50)51/h1-12,27,42-43,46-48H,33H2,(H,49,50,51)(H,52,53,54)(H,55,56,57). The van der Waals surface area contributed by atoms with Crippen LogP contribution in [0.25, 0.3) is 10.8 Å². The van der Waals surface area contributed by atoms with Crippen molar-refractivity contribution in [1.29, 1.82) is 0 Å². The van der Waals surface area contributed by atoms with E-state index in [2.05, 4.69) is 59.4 Å². The van der Waals surface area contributed by atoms with Gasteiger partial charge in [0, 0.05) is 5.69 Å². The van der Waals surface area contributed by atoms with Crippen molar-refractivity contribution in [2.24, 2.45) is 35.8 Å². The van der Waals surface area contributed by atoms with Crippen molar-refractivity contribution >= 4 is 123 Å². The van der Waals surface area contributed by atoms with Crippen molar-refractivity contribution in [2.45, 2.75) is 30.5 Å².